The maximum Gasteiger partial charge on any atom is 0.303 e. The van der Waals surface area contributed by atoms with Crippen LogP contribution in [0.4, 0.5) is 0 Å². The minimum Gasteiger partial charge on any atom is -0.458 e. The number of ketones is 2. The Bertz CT molecular complexity index is 655. The lowest BCUT2D eigenvalue weighted by atomic mass is 9.44. The number of rotatable bonds is 3. The molecule has 0 aliphatic heterocycles. The quantitative estimate of drug-likeness (QED) is 0.689. The standard InChI is InChI=1S/C23H34O4/c1-14(24)27-13-21(26)20-7-6-18-17-5-4-15-12-16(25)8-10-22(15,2)19(17)9-11-23(18,20)3/h15,17-20H,4-13H2,1-3H3/t15-,17+,18+,19-,20-,22-,23-/m0/s1. The number of esters is 1. The van der Waals surface area contributed by atoms with Crippen molar-refractivity contribution in [2.45, 2.75) is 78.6 Å². The molecule has 0 aromatic heterocycles. The molecule has 0 aromatic rings. The summed E-state index contributed by atoms with van der Waals surface area (Å²) in [6.45, 7) is 6.10. The summed E-state index contributed by atoms with van der Waals surface area (Å²) in [5.74, 6) is 2.86. The maximum atomic E-state index is 12.8. The third kappa shape index (κ3) is 2.98. The Morgan fingerprint density at radius 3 is 2.48 bits per heavy atom. The highest BCUT2D eigenvalue weighted by atomic mass is 16.5. The third-order valence-electron chi connectivity index (χ3n) is 9.29. The van der Waals surface area contributed by atoms with Gasteiger partial charge in [-0.15, -0.1) is 0 Å². The molecular weight excluding hydrogens is 340 g/mol. The van der Waals surface area contributed by atoms with Crippen molar-refractivity contribution in [2.24, 2.45) is 40.4 Å². The number of carbonyl (C=O) groups is 3. The molecule has 4 nitrogen and oxygen atoms in total. The molecule has 0 saturated heterocycles. The van der Waals surface area contributed by atoms with Gasteiger partial charge in [-0.25, -0.2) is 0 Å². The molecule has 0 aromatic carbocycles. The predicted octanol–water partition coefficient (Wildman–Crippen LogP) is 4.35. The van der Waals surface area contributed by atoms with Crippen LogP contribution in [0.2, 0.25) is 0 Å². The van der Waals surface area contributed by atoms with E-state index in [1.165, 1.54) is 26.2 Å². The third-order valence-corrected chi connectivity index (χ3v) is 9.29. The lowest BCUT2D eigenvalue weighted by molar-refractivity contribution is -0.151. The van der Waals surface area contributed by atoms with Crippen LogP contribution in [0.1, 0.15) is 78.6 Å². The normalized spacial score (nSPS) is 46.2. The first-order chi connectivity index (χ1) is 12.8. The van der Waals surface area contributed by atoms with Crippen LogP contribution in [0, 0.1) is 40.4 Å². The van der Waals surface area contributed by atoms with Gasteiger partial charge in [0, 0.05) is 25.7 Å². The summed E-state index contributed by atoms with van der Waals surface area (Å²) in [6.07, 6.45) is 9.41. The monoisotopic (exact) mass is 374 g/mol. The van der Waals surface area contributed by atoms with Crippen molar-refractivity contribution in [2.75, 3.05) is 6.61 Å². The molecule has 4 heteroatoms. The molecule has 4 aliphatic rings. The lowest BCUT2D eigenvalue weighted by Crippen LogP contribution is -2.54. The van der Waals surface area contributed by atoms with Gasteiger partial charge in [0.15, 0.2) is 5.78 Å². The first kappa shape index (κ1) is 19.1. The fourth-order valence-corrected chi connectivity index (χ4v) is 7.85. The van der Waals surface area contributed by atoms with E-state index in [2.05, 4.69) is 13.8 Å². The SMILES string of the molecule is CC(=O)OCC(=O)[C@@H]1CC[C@@H]2[C@H]3CC[C@H]4CC(=O)CC[C@]4(C)[C@H]3CC[C@@]21C. The molecule has 150 valence electrons. The molecule has 4 fully saturated rings. The molecule has 4 rings (SSSR count). The van der Waals surface area contributed by atoms with E-state index in [4.69, 9.17) is 4.74 Å². The first-order valence-electron chi connectivity index (χ1n) is 10.9. The van der Waals surface area contributed by atoms with Crippen molar-refractivity contribution in [3.63, 3.8) is 0 Å². The Kier molecular flexibility index (Phi) is 4.75. The summed E-state index contributed by atoms with van der Waals surface area (Å²) in [4.78, 5) is 35.9. The molecule has 0 N–H and O–H groups in total. The highest BCUT2D eigenvalue weighted by molar-refractivity contribution is 5.85. The molecule has 0 spiro atoms. The summed E-state index contributed by atoms with van der Waals surface area (Å²) < 4.78 is 5.02. The lowest BCUT2D eigenvalue weighted by Gasteiger charge is -2.60. The van der Waals surface area contributed by atoms with Gasteiger partial charge in [-0.3, -0.25) is 14.4 Å². The minimum absolute atomic E-state index is 0.0428. The summed E-state index contributed by atoms with van der Waals surface area (Å²) >= 11 is 0. The number of fused-ring (bicyclic) bond motifs is 5. The Morgan fingerprint density at radius 1 is 1.00 bits per heavy atom. The molecule has 4 aliphatic carbocycles. The van der Waals surface area contributed by atoms with Crippen molar-refractivity contribution >= 4 is 17.5 Å². The second-order valence-corrected chi connectivity index (χ2v) is 10.3. The van der Waals surface area contributed by atoms with E-state index in [0.29, 0.717) is 34.9 Å². The van der Waals surface area contributed by atoms with Gasteiger partial charge in [-0.1, -0.05) is 13.8 Å². The van der Waals surface area contributed by atoms with E-state index in [1.54, 1.807) is 0 Å². The van der Waals surface area contributed by atoms with Crippen molar-refractivity contribution < 1.29 is 19.1 Å². The van der Waals surface area contributed by atoms with E-state index >= 15 is 0 Å². The zero-order chi connectivity index (χ0) is 19.4. The predicted molar refractivity (Wildman–Crippen MR) is 102 cm³/mol. The van der Waals surface area contributed by atoms with Crippen molar-refractivity contribution in [3.8, 4) is 0 Å². The van der Waals surface area contributed by atoms with Crippen LogP contribution in [0.15, 0.2) is 0 Å². The Morgan fingerprint density at radius 2 is 1.74 bits per heavy atom. The smallest absolute Gasteiger partial charge is 0.303 e. The summed E-state index contributed by atoms with van der Waals surface area (Å²) in [5.41, 5.74) is 0.379. The number of ether oxygens (including phenoxy) is 1. The molecule has 0 amide bonds. The van der Waals surface area contributed by atoms with Gasteiger partial charge >= 0.3 is 5.97 Å². The van der Waals surface area contributed by atoms with Gasteiger partial charge in [0.1, 0.15) is 12.4 Å². The topological polar surface area (TPSA) is 60.4 Å². The zero-order valence-corrected chi connectivity index (χ0v) is 17.1. The van der Waals surface area contributed by atoms with E-state index in [0.717, 1.165) is 38.5 Å². The Hall–Kier alpha value is -1.19. The van der Waals surface area contributed by atoms with Gasteiger partial charge in [0.25, 0.3) is 0 Å². The molecule has 4 saturated carbocycles. The number of Topliss-reactive ketones (excluding diaryl/α,β-unsaturated/α-hetero) is 2. The fourth-order valence-electron chi connectivity index (χ4n) is 7.85. The van der Waals surface area contributed by atoms with Crippen LogP contribution in [0.5, 0.6) is 0 Å². The average Bonchev–Trinajstić information content (AvgIpc) is 2.97. The van der Waals surface area contributed by atoms with Gasteiger partial charge in [0.05, 0.1) is 0 Å². The Labute approximate surface area is 162 Å². The van der Waals surface area contributed by atoms with Gasteiger partial charge in [-0.05, 0) is 79.4 Å². The van der Waals surface area contributed by atoms with Crippen LogP contribution >= 0.6 is 0 Å². The van der Waals surface area contributed by atoms with Crippen LogP contribution < -0.4 is 0 Å². The van der Waals surface area contributed by atoms with Crippen molar-refractivity contribution in [3.05, 3.63) is 0 Å². The second kappa shape index (κ2) is 6.70. The highest BCUT2D eigenvalue weighted by Crippen LogP contribution is 2.67. The van der Waals surface area contributed by atoms with Gasteiger partial charge in [0.2, 0.25) is 0 Å². The van der Waals surface area contributed by atoms with Crippen LogP contribution in [-0.4, -0.2) is 24.1 Å². The molecular formula is C23H34O4. The fraction of sp³-hybridized carbons (Fsp3) is 0.870. The Balaban J connectivity index is 1.53. The van der Waals surface area contributed by atoms with Gasteiger partial charge in [-0.2, -0.15) is 0 Å². The van der Waals surface area contributed by atoms with E-state index in [1.807, 2.05) is 0 Å². The van der Waals surface area contributed by atoms with E-state index in [9.17, 15) is 14.4 Å². The van der Waals surface area contributed by atoms with E-state index < -0.39 is 0 Å². The molecule has 7 atom stereocenters. The molecule has 0 heterocycles. The van der Waals surface area contributed by atoms with Gasteiger partial charge < -0.3 is 4.74 Å². The van der Waals surface area contributed by atoms with Crippen LogP contribution in [0.25, 0.3) is 0 Å². The summed E-state index contributed by atoms with van der Waals surface area (Å²) in [7, 11) is 0. The number of hydrogen-bond donors (Lipinski definition) is 0. The summed E-state index contributed by atoms with van der Waals surface area (Å²) in [6, 6.07) is 0. The summed E-state index contributed by atoms with van der Waals surface area (Å²) in [5, 5.41) is 0. The molecule has 27 heavy (non-hydrogen) atoms. The van der Waals surface area contributed by atoms with Crippen LogP contribution in [0.3, 0.4) is 0 Å². The number of hydrogen-bond acceptors (Lipinski definition) is 4. The first-order valence-corrected chi connectivity index (χ1v) is 10.9. The zero-order valence-electron chi connectivity index (χ0n) is 17.1. The molecule has 0 radical (unpaired) electrons. The van der Waals surface area contributed by atoms with E-state index in [-0.39, 0.29) is 29.7 Å². The highest BCUT2D eigenvalue weighted by Gasteiger charge is 2.61. The molecule has 0 bridgehead atoms. The largest absolute Gasteiger partial charge is 0.458 e. The average molecular weight is 375 g/mol. The van der Waals surface area contributed by atoms with Crippen LogP contribution in [-0.2, 0) is 19.1 Å². The van der Waals surface area contributed by atoms with Crippen molar-refractivity contribution in [1.29, 1.82) is 0 Å². The second-order valence-electron chi connectivity index (χ2n) is 10.3. The minimum atomic E-state index is -0.371. The van der Waals surface area contributed by atoms with Crippen molar-refractivity contribution in [1.82, 2.24) is 0 Å². The molecule has 0 unspecified atom stereocenters. The number of carbonyl (C=O) groups excluding carboxylic acids is 3. The maximum absolute atomic E-state index is 12.8.